The lowest BCUT2D eigenvalue weighted by atomic mass is 9.74. The molecule has 3 heteroatoms. The molecule has 29 heavy (non-hydrogen) atoms. The molecule has 1 N–H and O–H groups in total. The van der Waals surface area contributed by atoms with Crippen molar-refractivity contribution in [2.75, 3.05) is 11.4 Å². The number of hydrogen-bond donors (Lipinski definition) is 1. The normalized spacial score (nSPS) is 22.6. The predicted octanol–water partition coefficient (Wildman–Crippen LogP) is 5.18. The van der Waals surface area contributed by atoms with Gasteiger partial charge in [0.15, 0.2) is 0 Å². The third-order valence-corrected chi connectivity index (χ3v) is 6.71. The molecular formula is C26H26N2O. The van der Waals surface area contributed by atoms with Crippen molar-refractivity contribution in [3.05, 3.63) is 83.4 Å². The van der Waals surface area contributed by atoms with E-state index in [0.717, 1.165) is 6.54 Å². The Kier molecular flexibility index (Phi) is 3.86. The second kappa shape index (κ2) is 6.21. The number of rotatable bonds is 2. The van der Waals surface area contributed by atoms with E-state index < -0.39 is 5.66 Å². The zero-order valence-corrected chi connectivity index (χ0v) is 17.2. The molecule has 0 bridgehead atoms. The van der Waals surface area contributed by atoms with Gasteiger partial charge in [-0.2, -0.15) is 0 Å². The fourth-order valence-electron chi connectivity index (χ4n) is 5.07. The minimum Gasteiger partial charge on any atom is -0.344 e. The number of amides is 1. The summed E-state index contributed by atoms with van der Waals surface area (Å²) in [5.41, 5.74) is 4.10. The zero-order chi connectivity index (χ0) is 20.2. The van der Waals surface area contributed by atoms with Gasteiger partial charge in [0, 0.05) is 24.1 Å². The highest BCUT2D eigenvalue weighted by molar-refractivity contribution is 5.91. The van der Waals surface area contributed by atoms with Gasteiger partial charge in [0.1, 0.15) is 5.66 Å². The third-order valence-electron chi connectivity index (χ3n) is 6.71. The maximum absolute atomic E-state index is 12.6. The van der Waals surface area contributed by atoms with Crippen molar-refractivity contribution >= 4 is 28.4 Å². The van der Waals surface area contributed by atoms with Crippen molar-refractivity contribution in [2.45, 2.75) is 38.3 Å². The van der Waals surface area contributed by atoms with Gasteiger partial charge in [0.25, 0.3) is 0 Å². The molecule has 146 valence electrons. The first-order chi connectivity index (χ1) is 13.9. The fourth-order valence-corrected chi connectivity index (χ4v) is 5.07. The summed E-state index contributed by atoms with van der Waals surface area (Å²) < 4.78 is 0. The average Bonchev–Trinajstić information content (AvgIpc) is 2.90. The van der Waals surface area contributed by atoms with Gasteiger partial charge < -0.3 is 10.2 Å². The van der Waals surface area contributed by atoms with E-state index in [1.165, 1.54) is 33.2 Å². The first-order valence-corrected chi connectivity index (χ1v) is 10.3. The zero-order valence-electron chi connectivity index (χ0n) is 17.2. The molecule has 0 saturated carbocycles. The predicted molar refractivity (Wildman–Crippen MR) is 120 cm³/mol. The van der Waals surface area contributed by atoms with Crippen molar-refractivity contribution in [1.82, 2.24) is 5.32 Å². The summed E-state index contributed by atoms with van der Waals surface area (Å²) >= 11 is 0. The van der Waals surface area contributed by atoms with Crippen LogP contribution in [0.1, 0.15) is 37.0 Å². The lowest BCUT2D eigenvalue weighted by Gasteiger charge is -2.49. The molecule has 1 saturated heterocycles. The SMILES string of the molecule is Cc1ccc2c(c1)C(C)(C)[C@]1(/C=C/c3cccc4ccccc34)NC(=O)CCN21. The summed E-state index contributed by atoms with van der Waals surface area (Å²) in [6, 6.07) is 21.4. The van der Waals surface area contributed by atoms with Crippen LogP contribution < -0.4 is 10.2 Å². The van der Waals surface area contributed by atoms with Crippen LogP contribution in [0.15, 0.2) is 66.7 Å². The van der Waals surface area contributed by atoms with Gasteiger partial charge in [-0.3, -0.25) is 4.79 Å². The Morgan fingerprint density at radius 3 is 2.69 bits per heavy atom. The molecule has 0 unspecified atom stereocenters. The summed E-state index contributed by atoms with van der Waals surface area (Å²) in [4.78, 5) is 14.9. The van der Waals surface area contributed by atoms with E-state index in [9.17, 15) is 4.79 Å². The van der Waals surface area contributed by atoms with Crippen LogP contribution in [0.2, 0.25) is 0 Å². The highest BCUT2D eigenvalue weighted by Gasteiger charge is 2.57. The van der Waals surface area contributed by atoms with Gasteiger partial charge in [-0.25, -0.2) is 0 Å². The van der Waals surface area contributed by atoms with Gasteiger partial charge >= 0.3 is 0 Å². The van der Waals surface area contributed by atoms with E-state index in [1.54, 1.807) is 0 Å². The summed E-state index contributed by atoms with van der Waals surface area (Å²) in [6.45, 7) is 7.34. The highest BCUT2D eigenvalue weighted by atomic mass is 16.2. The lowest BCUT2D eigenvalue weighted by Crippen LogP contribution is -2.68. The Morgan fingerprint density at radius 1 is 1.03 bits per heavy atom. The van der Waals surface area contributed by atoms with Crippen LogP contribution >= 0.6 is 0 Å². The monoisotopic (exact) mass is 382 g/mol. The van der Waals surface area contributed by atoms with Crippen molar-refractivity contribution in [3.8, 4) is 0 Å². The van der Waals surface area contributed by atoms with E-state index in [4.69, 9.17) is 0 Å². The number of carbonyl (C=O) groups excluding carboxylic acids is 1. The molecule has 3 aromatic rings. The van der Waals surface area contributed by atoms with E-state index in [1.807, 2.05) is 0 Å². The van der Waals surface area contributed by atoms with Crippen molar-refractivity contribution in [3.63, 3.8) is 0 Å². The number of hydrogen-bond acceptors (Lipinski definition) is 2. The minimum absolute atomic E-state index is 0.112. The molecule has 2 aliphatic heterocycles. The van der Waals surface area contributed by atoms with Crippen molar-refractivity contribution in [2.24, 2.45) is 0 Å². The van der Waals surface area contributed by atoms with Gasteiger partial charge in [0.2, 0.25) is 5.91 Å². The molecule has 3 aromatic carbocycles. The molecule has 1 fully saturated rings. The second-order valence-electron chi connectivity index (χ2n) is 8.76. The standard InChI is InChI=1S/C26H26N2O/c1-18-11-12-23-22(17-18)25(2,3)26(27-24(29)14-16-28(23)26)15-13-20-9-6-8-19-7-4-5-10-21(19)20/h4-13,15,17H,14,16H2,1-3H3,(H,27,29)/b15-13+/t26-/m1/s1. The molecule has 0 radical (unpaired) electrons. The summed E-state index contributed by atoms with van der Waals surface area (Å²) in [7, 11) is 0. The first-order valence-electron chi connectivity index (χ1n) is 10.3. The summed E-state index contributed by atoms with van der Waals surface area (Å²) in [6.07, 6.45) is 4.91. The Morgan fingerprint density at radius 2 is 1.83 bits per heavy atom. The Hall–Kier alpha value is -3.07. The quantitative estimate of drug-likeness (QED) is 0.663. The van der Waals surface area contributed by atoms with Crippen LogP contribution in [0.3, 0.4) is 0 Å². The molecule has 1 atom stereocenters. The molecule has 1 amide bonds. The van der Waals surface area contributed by atoms with E-state index >= 15 is 0 Å². The minimum atomic E-state index is -0.574. The lowest BCUT2D eigenvalue weighted by molar-refractivity contribution is -0.124. The summed E-state index contributed by atoms with van der Waals surface area (Å²) in [5.74, 6) is 0.112. The topological polar surface area (TPSA) is 32.3 Å². The van der Waals surface area contributed by atoms with Crippen LogP contribution in [0, 0.1) is 6.92 Å². The smallest absolute Gasteiger partial charge is 0.223 e. The number of aryl methyl sites for hydroxylation is 1. The van der Waals surface area contributed by atoms with E-state index in [-0.39, 0.29) is 11.3 Å². The molecule has 0 spiro atoms. The molecule has 5 rings (SSSR count). The fraction of sp³-hybridized carbons (Fsp3) is 0.269. The number of nitrogens with one attached hydrogen (secondary N) is 1. The number of carbonyl (C=O) groups is 1. The number of anilines is 1. The van der Waals surface area contributed by atoms with Gasteiger partial charge in [-0.15, -0.1) is 0 Å². The van der Waals surface area contributed by atoms with E-state index in [2.05, 4.69) is 104 Å². The maximum Gasteiger partial charge on any atom is 0.223 e. The molecule has 0 aromatic heterocycles. The molecule has 0 aliphatic carbocycles. The Bertz CT molecular complexity index is 1160. The van der Waals surface area contributed by atoms with E-state index in [0.29, 0.717) is 6.42 Å². The van der Waals surface area contributed by atoms with Gasteiger partial charge in [0.05, 0.1) is 0 Å². The average molecular weight is 383 g/mol. The maximum atomic E-state index is 12.6. The number of benzene rings is 3. The van der Waals surface area contributed by atoms with Gasteiger partial charge in [-0.1, -0.05) is 80.1 Å². The Balaban J connectivity index is 1.68. The third kappa shape index (κ3) is 2.53. The Labute approximate surface area is 172 Å². The summed E-state index contributed by atoms with van der Waals surface area (Å²) in [5, 5.41) is 5.81. The molecule has 2 aliphatic rings. The van der Waals surface area contributed by atoms with Crippen LogP contribution in [-0.2, 0) is 10.2 Å². The van der Waals surface area contributed by atoms with Gasteiger partial charge in [-0.05, 0) is 41.0 Å². The number of fused-ring (bicyclic) bond motifs is 4. The van der Waals surface area contributed by atoms with Crippen LogP contribution in [0.4, 0.5) is 5.69 Å². The van der Waals surface area contributed by atoms with Crippen LogP contribution in [-0.4, -0.2) is 18.1 Å². The highest BCUT2D eigenvalue weighted by Crippen LogP contribution is 2.52. The number of nitrogens with zero attached hydrogens (tertiary/aromatic N) is 1. The van der Waals surface area contributed by atoms with Crippen molar-refractivity contribution < 1.29 is 4.79 Å². The largest absolute Gasteiger partial charge is 0.344 e. The first kappa shape index (κ1) is 18.0. The molecule has 3 nitrogen and oxygen atoms in total. The second-order valence-corrected chi connectivity index (χ2v) is 8.76. The van der Waals surface area contributed by atoms with Crippen LogP contribution in [0.25, 0.3) is 16.8 Å². The van der Waals surface area contributed by atoms with Crippen LogP contribution in [0.5, 0.6) is 0 Å². The molecular weight excluding hydrogens is 356 g/mol. The molecule has 2 heterocycles. The van der Waals surface area contributed by atoms with Crippen molar-refractivity contribution in [1.29, 1.82) is 0 Å².